The highest BCUT2D eigenvalue weighted by Gasteiger charge is 2.28. The number of halogens is 2. The zero-order valence-electron chi connectivity index (χ0n) is 40.7. The molecule has 6 rings (SSSR count). The van der Waals surface area contributed by atoms with Gasteiger partial charge in [-0.1, -0.05) is 13.8 Å². The molecule has 6 aromatic rings. The summed E-state index contributed by atoms with van der Waals surface area (Å²) in [6, 6.07) is 9.03. The number of ether oxygens (including phenoxy) is 3. The van der Waals surface area contributed by atoms with E-state index in [1.54, 1.807) is 73.7 Å². The number of anilines is 2. The Balaban J connectivity index is 0.000000261. The fourth-order valence-corrected chi connectivity index (χ4v) is 6.43. The Morgan fingerprint density at radius 2 is 1.10 bits per heavy atom. The number of rotatable bonds is 19. The molecule has 0 spiro atoms. The van der Waals surface area contributed by atoms with Crippen LogP contribution in [0.15, 0.2) is 70.0 Å². The molecule has 2 unspecified atom stereocenters. The van der Waals surface area contributed by atoms with Crippen LogP contribution in [0, 0.1) is 23.5 Å². The Morgan fingerprint density at radius 3 is 1.49 bits per heavy atom. The summed E-state index contributed by atoms with van der Waals surface area (Å²) in [5.74, 6) is -2.02. The monoisotopic (exact) mass is 974 g/mol. The lowest BCUT2D eigenvalue weighted by Gasteiger charge is -2.28. The zero-order valence-corrected chi connectivity index (χ0v) is 40.7. The lowest BCUT2D eigenvalue weighted by Crippen LogP contribution is -2.42. The van der Waals surface area contributed by atoms with E-state index in [4.69, 9.17) is 23.0 Å². The SMILES string of the molecule is CC(CN(CCc1nc2c(NCc3ncccc3F)nccc2o1)C(=O)OC(C)(C)C)C(=O)O.CCOC(=O)C(C)CN(CCc1nc2c(NCc3ncccc3F)nccc2o1)C(=O)OC(C)(C)C. The average Bonchev–Trinajstić information content (AvgIpc) is 3.92. The van der Waals surface area contributed by atoms with Gasteiger partial charge in [0.25, 0.3) is 0 Å². The molecule has 0 aliphatic heterocycles. The number of hydrogen-bond donors (Lipinski definition) is 3. The van der Waals surface area contributed by atoms with Gasteiger partial charge in [-0.25, -0.2) is 38.3 Å². The molecule has 6 heterocycles. The van der Waals surface area contributed by atoms with Gasteiger partial charge < -0.3 is 48.6 Å². The molecule has 2 amide bonds. The Morgan fingerprint density at radius 1 is 0.671 bits per heavy atom. The van der Waals surface area contributed by atoms with Gasteiger partial charge in [0.2, 0.25) is 0 Å². The molecule has 0 radical (unpaired) electrons. The van der Waals surface area contributed by atoms with Crippen LogP contribution in [-0.2, 0) is 49.7 Å². The Bertz CT molecular complexity index is 2720. The van der Waals surface area contributed by atoms with Gasteiger partial charge in [0, 0.05) is 75.9 Å². The van der Waals surface area contributed by atoms with E-state index in [2.05, 4.69) is 40.5 Å². The number of aliphatic carboxylic acids is 1. The first-order valence-corrected chi connectivity index (χ1v) is 22.6. The van der Waals surface area contributed by atoms with E-state index in [1.165, 1.54) is 59.6 Å². The predicted octanol–water partition coefficient (Wildman–Crippen LogP) is 8.22. The second kappa shape index (κ2) is 24.2. The van der Waals surface area contributed by atoms with Gasteiger partial charge in [-0.2, -0.15) is 0 Å². The molecule has 0 bridgehead atoms. The molecule has 2 atom stereocenters. The number of amides is 2. The van der Waals surface area contributed by atoms with Crippen LogP contribution >= 0.6 is 0 Å². The third-order valence-electron chi connectivity index (χ3n) is 9.81. The van der Waals surface area contributed by atoms with Crippen LogP contribution in [0.3, 0.4) is 0 Å². The van der Waals surface area contributed by atoms with Gasteiger partial charge >= 0.3 is 24.1 Å². The highest BCUT2D eigenvalue weighted by atomic mass is 19.1. The smallest absolute Gasteiger partial charge is 0.410 e. The second-order valence-corrected chi connectivity index (χ2v) is 18.0. The van der Waals surface area contributed by atoms with Crippen molar-refractivity contribution in [3.05, 3.63) is 96.0 Å². The number of carboxylic acid groups (broad SMARTS) is 1. The van der Waals surface area contributed by atoms with Crippen molar-refractivity contribution >= 4 is 58.0 Å². The molecule has 3 N–H and O–H groups in total. The zero-order chi connectivity index (χ0) is 51.2. The molecule has 376 valence electrons. The number of nitrogens with one attached hydrogen (secondary N) is 2. The van der Waals surface area contributed by atoms with E-state index in [9.17, 15) is 33.1 Å². The van der Waals surface area contributed by atoms with Crippen molar-refractivity contribution < 1.29 is 56.1 Å². The van der Waals surface area contributed by atoms with Crippen molar-refractivity contribution in [2.24, 2.45) is 11.8 Å². The van der Waals surface area contributed by atoms with Gasteiger partial charge in [-0.05, 0) is 72.7 Å². The number of oxazole rings is 2. The van der Waals surface area contributed by atoms with E-state index >= 15 is 0 Å². The first-order valence-electron chi connectivity index (χ1n) is 22.6. The number of esters is 1. The summed E-state index contributed by atoms with van der Waals surface area (Å²) in [5, 5.41) is 15.3. The molecular weight excluding hydrogens is 915 g/mol. The standard InChI is InChI=1S/C25H32FN5O5.C23H28FN5O5/c1-6-34-23(32)16(2)15-31(24(33)36-25(3,4)5)13-10-20-30-21-19(35-20)9-12-28-22(21)29-14-18-17(26)8-7-11-27-18;1-14(21(30)31)13-29(22(32)34-23(2,3)4)11-8-18-28-19-17(33-18)7-10-26-20(19)27-12-16-15(24)6-5-9-25-16/h7-9,11-12,16H,6,10,13-15H2,1-5H3,(H,28,29);5-7,9-10,14H,8,11-13H2,1-4H3,(H,26,27)(H,30,31). The summed E-state index contributed by atoms with van der Waals surface area (Å²) in [5.41, 5.74) is 0.973. The molecule has 0 aliphatic carbocycles. The Labute approximate surface area is 403 Å². The highest BCUT2D eigenvalue weighted by Crippen LogP contribution is 2.25. The van der Waals surface area contributed by atoms with Crippen LogP contribution < -0.4 is 10.6 Å². The van der Waals surface area contributed by atoms with Crippen LogP contribution in [0.2, 0.25) is 0 Å². The van der Waals surface area contributed by atoms with Crippen LogP contribution in [-0.4, -0.2) is 113 Å². The average molecular weight is 975 g/mol. The van der Waals surface area contributed by atoms with Crippen LogP contribution in [0.4, 0.5) is 30.0 Å². The number of nitrogens with zero attached hydrogens (tertiary/aromatic N) is 8. The molecule has 20 nitrogen and oxygen atoms in total. The van der Waals surface area contributed by atoms with E-state index in [-0.39, 0.29) is 76.1 Å². The van der Waals surface area contributed by atoms with Crippen molar-refractivity contribution in [1.82, 2.24) is 39.7 Å². The van der Waals surface area contributed by atoms with Crippen molar-refractivity contribution in [1.29, 1.82) is 0 Å². The van der Waals surface area contributed by atoms with Crippen molar-refractivity contribution in [3.8, 4) is 0 Å². The van der Waals surface area contributed by atoms with E-state index in [0.717, 1.165) is 0 Å². The third kappa shape index (κ3) is 16.0. The molecule has 70 heavy (non-hydrogen) atoms. The number of carbonyl (C=O) groups is 4. The van der Waals surface area contributed by atoms with Gasteiger partial charge in [-0.3, -0.25) is 19.6 Å². The summed E-state index contributed by atoms with van der Waals surface area (Å²) in [4.78, 5) is 77.2. The first-order chi connectivity index (χ1) is 33.1. The molecule has 0 saturated heterocycles. The fourth-order valence-electron chi connectivity index (χ4n) is 6.43. The van der Waals surface area contributed by atoms with Crippen molar-refractivity contribution in [3.63, 3.8) is 0 Å². The quantitative estimate of drug-likeness (QED) is 0.0510. The Kier molecular flexibility index (Phi) is 18.4. The molecular formula is C48H60F2N10O10. The lowest BCUT2D eigenvalue weighted by molar-refractivity contribution is -0.148. The molecule has 0 aliphatic rings. The topological polar surface area (TPSA) is 250 Å². The summed E-state index contributed by atoms with van der Waals surface area (Å²) in [6.07, 6.45) is 5.46. The first kappa shape index (κ1) is 53.4. The number of carboxylic acids is 1. The molecule has 0 saturated carbocycles. The van der Waals surface area contributed by atoms with Gasteiger partial charge in [-0.15, -0.1) is 0 Å². The minimum atomic E-state index is -1.01. The van der Waals surface area contributed by atoms with Gasteiger partial charge in [0.1, 0.15) is 22.8 Å². The molecule has 0 fully saturated rings. The normalized spacial score (nSPS) is 12.3. The largest absolute Gasteiger partial charge is 0.481 e. The molecule has 6 aromatic heterocycles. The number of aromatic nitrogens is 6. The molecule has 22 heteroatoms. The number of pyridine rings is 4. The number of carbonyl (C=O) groups excluding carboxylic acids is 3. The van der Waals surface area contributed by atoms with E-state index in [0.29, 0.717) is 45.6 Å². The Hall–Kier alpha value is -7.52. The van der Waals surface area contributed by atoms with Crippen LogP contribution in [0.1, 0.15) is 85.5 Å². The third-order valence-corrected chi connectivity index (χ3v) is 9.81. The van der Waals surface area contributed by atoms with E-state index in [1.807, 2.05) is 0 Å². The maximum absolute atomic E-state index is 13.9. The summed E-state index contributed by atoms with van der Waals surface area (Å²) >= 11 is 0. The maximum Gasteiger partial charge on any atom is 0.410 e. The van der Waals surface area contributed by atoms with Gasteiger partial charge in [0.15, 0.2) is 45.6 Å². The highest BCUT2D eigenvalue weighted by molar-refractivity contribution is 5.84. The van der Waals surface area contributed by atoms with Crippen LogP contribution in [0.25, 0.3) is 22.2 Å². The van der Waals surface area contributed by atoms with Crippen molar-refractivity contribution in [2.45, 2.75) is 99.4 Å². The number of fused-ring (bicyclic) bond motifs is 2. The van der Waals surface area contributed by atoms with Crippen LogP contribution in [0.5, 0.6) is 0 Å². The maximum atomic E-state index is 13.9. The minimum absolute atomic E-state index is 0.0194. The minimum Gasteiger partial charge on any atom is -0.481 e. The molecule has 0 aromatic carbocycles. The number of hydrogen-bond acceptors (Lipinski definition) is 17. The van der Waals surface area contributed by atoms with Gasteiger partial charge in [0.05, 0.1) is 42.9 Å². The fraction of sp³-hybridized carbons (Fsp3) is 0.458. The van der Waals surface area contributed by atoms with E-state index < -0.39 is 52.8 Å². The summed E-state index contributed by atoms with van der Waals surface area (Å²) in [6.45, 7) is 16.4. The summed E-state index contributed by atoms with van der Waals surface area (Å²) in [7, 11) is 0. The predicted molar refractivity (Wildman–Crippen MR) is 252 cm³/mol. The van der Waals surface area contributed by atoms with Crippen molar-refractivity contribution in [2.75, 3.05) is 43.4 Å². The summed E-state index contributed by atoms with van der Waals surface area (Å²) < 4.78 is 55.4. The second-order valence-electron chi connectivity index (χ2n) is 18.0. The lowest BCUT2D eigenvalue weighted by atomic mass is 10.1.